The van der Waals surface area contributed by atoms with E-state index in [9.17, 15) is 4.79 Å². The predicted octanol–water partition coefficient (Wildman–Crippen LogP) is 4.09. The minimum atomic E-state index is 0.217. The number of methoxy groups -OCH3 is 1. The molecule has 0 N–H and O–H groups in total. The average molecular weight is 315 g/mol. The van der Waals surface area contributed by atoms with E-state index in [2.05, 4.69) is 11.4 Å². The molecule has 4 heteroatoms. The summed E-state index contributed by atoms with van der Waals surface area (Å²) in [5.74, 6) is 1.35. The second kappa shape index (κ2) is 6.97. The van der Waals surface area contributed by atoms with Gasteiger partial charge in [-0.25, -0.2) is 0 Å². The highest BCUT2D eigenvalue weighted by Gasteiger charge is 2.30. The third-order valence-corrected chi connectivity index (χ3v) is 5.11. The monoisotopic (exact) mass is 315 g/mol. The molecule has 3 nitrogen and oxygen atoms in total. The zero-order valence-electron chi connectivity index (χ0n) is 12.8. The summed E-state index contributed by atoms with van der Waals surface area (Å²) in [6.45, 7) is 1.29. The zero-order chi connectivity index (χ0) is 15.4. The highest BCUT2D eigenvalue weighted by atomic mass is 32.1. The van der Waals surface area contributed by atoms with Gasteiger partial charge in [0.2, 0.25) is 5.91 Å². The summed E-state index contributed by atoms with van der Waals surface area (Å²) < 4.78 is 5.43. The van der Waals surface area contributed by atoms with E-state index in [4.69, 9.17) is 4.74 Å². The smallest absolute Gasteiger partial charge is 0.226 e. The summed E-state index contributed by atoms with van der Waals surface area (Å²) in [4.78, 5) is 15.9. The van der Waals surface area contributed by atoms with Crippen molar-refractivity contribution in [1.82, 2.24) is 4.90 Å². The Morgan fingerprint density at radius 2 is 2.05 bits per heavy atom. The number of carbonyl (C=O) groups is 1. The first-order valence-electron chi connectivity index (χ1n) is 7.71. The Hall–Kier alpha value is -1.81. The molecule has 1 aliphatic rings. The van der Waals surface area contributed by atoms with Gasteiger partial charge in [0.15, 0.2) is 0 Å². The van der Waals surface area contributed by atoms with Crippen molar-refractivity contribution in [3.63, 3.8) is 0 Å². The van der Waals surface area contributed by atoms with E-state index in [-0.39, 0.29) is 11.8 Å². The van der Waals surface area contributed by atoms with Crippen molar-refractivity contribution in [2.75, 3.05) is 7.11 Å². The molecule has 22 heavy (non-hydrogen) atoms. The number of para-hydroxylation sites is 1. The van der Waals surface area contributed by atoms with Crippen LogP contribution in [0.2, 0.25) is 0 Å². The van der Waals surface area contributed by atoms with E-state index in [1.54, 1.807) is 18.4 Å². The zero-order valence-corrected chi connectivity index (χ0v) is 13.6. The minimum Gasteiger partial charge on any atom is -0.496 e. The van der Waals surface area contributed by atoms with Gasteiger partial charge in [0.1, 0.15) is 5.75 Å². The second-order valence-corrected chi connectivity index (χ2v) is 6.75. The van der Waals surface area contributed by atoms with Crippen LogP contribution in [0.1, 0.15) is 29.7 Å². The maximum atomic E-state index is 12.7. The number of hydrogen-bond donors (Lipinski definition) is 0. The Balaban J connectivity index is 1.79. The lowest BCUT2D eigenvalue weighted by Gasteiger charge is -2.32. The van der Waals surface area contributed by atoms with Gasteiger partial charge in [0.25, 0.3) is 0 Å². The van der Waals surface area contributed by atoms with E-state index in [0.717, 1.165) is 24.2 Å². The molecule has 1 saturated carbocycles. The fourth-order valence-electron chi connectivity index (χ4n) is 2.76. The summed E-state index contributed by atoms with van der Waals surface area (Å²) in [5, 5.41) is 2.06. The van der Waals surface area contributed by atoms with E-state index < -0.39 is 0 Å². The largest absolute Gasteiger partial charge is 0.496 e. The lowest BCUT2D eigenvalue weighted by molar-refractivity contribution is -0.139. The molecule has 0 bridgehead atoms. The van der Waals surface area contributed by atoms with Crippen LogP contribution in [0, 0.1) is 5.92 Å². The molecule has 1 fully saturated rings. The van der Waals surface area contributed by atoms with Crippen molar-refractivity contribution in [2.24, 2.45) is 5.92 Å². The van der Waals surface area contributed by atoms with Crippen LogP contribution in [0.5, 0.6) is 5.75 Å². The number of rotatable bonds is 6. The Morgan fingerprint density at radius 1 is 1.23 bits per heavy atom. The van der Waals surface area contributed by atoms with Gasteiger partial charge in [-0.05, 0) is 30.4 Å². The van der Waals surface area contributed by atoms with Gasteiger partial charge in [-0.3, -0.25) is 4.79 Å². The molecular weight excluding hydrogens is 294 g/mol. The molecule has 1 amide bonds. The number of amides is 1. The molecule has 0 atom stereocenters. The minimum absolute atomic E-state index is 0.217. The lowest BCUT2D eigenvalue weighted by Crippen LogP contribution is -2.38. The molecule has 1 aliphatic carbocycles. The van der Waals surface area contributed by atoms with E-state index in [1.165, 1.54) is 11.3 Å². The summed E-state index contributed by atoms with van der Waals surface area (Å²) >= 11 is 1.70. The van der Waals surface area contributed by atoms with Crippen LogP contribution in [0.4, 0.5) is 0 Å². The van der Waals surface area contributed by atoms with Crippen LogP contribution in [-0.2, 0) is 17.9 Å². The topological polar surface area (TPSA) is 29.5 Å². The fourth-order valence-corrected chi connectivity index (χ4v) is 3.47. The summed E-state index contributed by atoms with van der Waals surface area (Å²) in [5.41, 5.74) is 1.06. The Labute approximate surface area is 135 Å². The maximum absolute atomic E-state index is 12.7. The molecule has 1 aromatic carbocycles. The summed E-state index contributed by atoms with van der Waals surface area (Å²) in [6, 6.07) is 12.1. The fraction of sp³-hybridized carbons (Fsp3) is 0.389. The van der Waals surface area contributed by atoms with Gasteiger partial charge < -0.3 is 9.64 Å². The third kappa shape index (κ3) is 3.33. The second-order valence-electron chi connectivity index (χ2n) is 5.71. The number of benzene rings is 1. The number of nitrogens with zero attached hydrogens (tertiary/aromatic N) is 1. The van der Waals surface area contributed by atoms with Gasteiger partial charge in [0, 0.05) is 22.9 Å². The first-order valence-corrected chi connectivity index (χ1v) is 8.59. The molecular formula is C18H21NO2S. The standard InChI is InChI=1S/C18H21NO2S/c1-21-17-10-3-2-6-15(17)12-19(13-16-9-5-11-22-16)18(20)14-7-4-8-14/h2-3,5-6,9-11,14H,4,7-8,12-13H2,1H3. The highest BCUT2D eigenvalue weighted by molar-refractivity contribution is 7.09. The van der Waals surface area contributed by atoms with Crippen molar-refractivity contribution in [3.8, 4) is 5.75 Å². The van der Waals surface area contributed by atoms with E-state index in [1.807, 2.05) is 35.2 Å². The Morgan fingerprint density at radius 3 is 2.68 bits per heavy atom. The number of ether oxygens (including phenoxy) is 1. The first kappa shape index (κ1) is 15.1. The van der Waals surface area contributed by atoms with Gasteiger partial charge in [-0.2, -0.15) is 0 Å². The summed E-state index contributed by atoms with van der Waals surface area (Å²) in [6.07, 6.45) is 3.25. The SMILES string of the molecule is COc1ccccc1CN(Cc1cccs1)C(=O)C1CCC1. The van der Waals surface area contributed by atoms with Crippen molar-refractivity contribution in [3.05, 3.63) is 52.2 Å². The van der Waals surface area contributed by atoms with Crippen LogP contribution in [-0.4, -0.2) is 17.9 Å². The molecule has 0 aliphatic heterocycles. The van der Waals surface area contributed by atoms with Crippen LogP contribution in [0.3, 0.4) is 0 Å². The van der Waals surface area contributed by atoms with Crippen LogP contribution in [0.25, 0.3) is 0 Å². The van der Waals surface area contributed by atoms with Gasteiger partial charge in [-0.1, -0.05) is 30.7 Å². The molecule has 1 heterocycles. The lowest BCUT2D eigenvalue weighted by atomic mass is 9.84. The van der Waals surface area contributed by atoms with E-state index >= 15 is 0 Å². The van der Waals surface area contributed by atoms with Gasteiger partial charge in [0.05, 0.1) is 13.7 Å². The van der Waals surface area contributed by atoms with Crippen molar-refractivity contribution >= 4 is 17.2 Å². The van der Waals surface area contributed by atoms with Crippen molar-refractivity contribution < 1.29 is 9.53 Å². The molecule has 3 rings (SSSR count). The van der Waals surface area contributed by atoms with Crippen LogP contribution in [0.15, 0.2) is 41.8 Å². The highest BCUT2D eigenvalue weighted by Crippen LogP contribution is 2.30. The first-order chi connectivity index (χ1) is 10.8. The van der Waals surface area contributed by atoms with Crippen LogP contribution >= 0.6 is 11.3 Å². The van der Waals surface area contributed by atoms with Gasteiger partial charge in [-0.15, -0.1) is 11.3 Å². The molecule has 0 unspecified atom stereocenters. The Kier molecular flexibility index (Phi) is 4.78. The molecule has 1 aromatic heterocycles. The van der Waals surface area contributed by atoms with Crippen molar-refractivity contribution in [2.45, 2.75) is 32.4 Å². The Bertz CT molecular complexity index is 620. The van der Waals surface area contributed by atoms with Crippen molar-refractivity contribution in [1.29, 1.82) is 0 Å². The van der Waals surface area contributed by atoms with E-state index in [0.29, 0.717) is 13.1 Å². The normalized spacial score (nSPS) is 14.4. The molecule has 116 valence electrons. The average Bonchev–Trinajstić information content (AvgIpc) is 2.98. The quantitative estimate of drug-likeness (QED) is 0.803. The van der Waals surface area contributed by atoms with Gasteiger partial charge >= 0.3 is 0 Å². The molecule has 2 aromatic rings. The maximum Gasteiger partial charge on any atom is 0.226 e. The molecule has 0 spiro atoms. The number of thiophene rings is 1. The number of carbonyl (C=O) groups excluding carboxylic acids is 1. The number of hydrogen-bond acceptors (Lipinski definition) is 3. The third-order valence-electron chi connectivity index (χ3n) is 4.25. The predicted molar refractivity (Wildman–Crippen MR) is 88.9 cm³/mol. The van der Waals surface area contributed by atoms with Crippen LogP contribution < -0.4 is 4.74 Å². The summed E-state index contributed by atoms with van der Waals surface area (Å²) in [7, 11) is 1.68. The molecule has 0 radical (unpaired) electrons. The molecule has 0 saturated heterocycles.